The van der Waals surface area contributed by atoms with Crippen molar-refractivity contribution in [2.75, 3.05) is 11.9 Å². The van der Waals surface area contributed by atoms with Crippen molar-refractivity contribution < 1.29 is 14.0 Å². The van der Waals surface area contributed by atoms with Crippen LogP contribution in [0.2, 0.25) is 5.02 Å². The van der Waals surface area contributed by atoms with Crippen LogP contribution in [0, 0.1) is 12.7 Å². The first kappa shape index (κ1) is 22.4. The molecule has 2 aromatic heterocycles. The maximum absolute atomic E-state index is 14.5. The zero-order chi connectivity index (χ0) is 22.7. The lowest BCUT2D eigenvalue weighted by molar-refractivity contribution is -0.106. The number of rotatable bonds is 6. The van der Waals surface area contributed by atoms with Crippen molar-refractivity contribution in [3.8, 4) is 11.3 Å². The van der Waals surface area contributed by atoms with Crippen LogP contribution in [0.1, 0.15) is 41.4 Å². The molecule has 8 heteroatoms. The Balaban J connectivity index is 2.35. The minimum Gasteiger partial charge on any atom is -0.355 e. The van der Waals surface area contributed by atoms with Gasteiger partial charge in [-0.3, -0.25) is 19.5 Å². The summed E-state index contributed by atoms with van der Waals surface area (Å²) in [4.78, 5) is 35.1. The van der Waals surface area contributed by atoms with Gasteiger partial charge in [-0.2, -0.15) is 0 Å². The minimum absolute atomic E-state index is 0.000796. The Labute approximate surface area is 185 Å². The molecule has 2 heterocycles. The van der Waals surface area contributed by atoms with Crippen LogP contribution in [-0.4, -0.2) is 29.3 Å². The number of anilines is 2. The summed E-state index contributed by atoms with van der Waals surface area (Å²) >= 11 is 6.39. The van der Waals surface area contributed by atoms with E-state index in [9.17, 15) is 14.0 Å². The monoisotopic (exact) mass is 440 g/mol. The lowest BCUT2D eigenvalue weighted by Gasteiger charge is -2.25. The van der Waals surface area contributed by atoms with E-state index in [1.54, 1.807) is 24.4 Å². The Morgan fingerprint density at radius 2 is 1.97 bits per heavy atom. The van der Waals surface area contributed by atoms with E-state index in [1.165, 1.54) is 30.1 Å². The van der Waals surface area contributed by atoms with E-state index in [-0.39, 0.29) is 33.6 Å². The third-order valence-corrected chi connectivity index (χ3v) is 5.12. The number of nitrogens with zero attached hydrogens (tertiary/aromatic N) is 3. The molecule has 0 radical (unpaired) electrons. The van der Waals surface area contributed by atoms with Crippen molar-refractivity contribution in [2.24, 2.45) is 0 Å². The first-order chi connectivity index (χ1) is 14.8. The van der Waals surface area contributed by atoms with E-state index in [0.29, 0.717) is 17.8 Å². The highest BCUT2D eigenvalue weighted by Gasteiger charge is 2.26. The van der Waals surface area contributed by atoms with Gasteiger partial charge in [-0.1, -0.05) is 37.6 Å². The molecular formula is C23H22ClFN4O2. The fourth-order valence-electron chi connectivity index (χ4n) is 3.32. The second-order valence-electron chi connectivity index (χ2n) is 7.24. The number of aromatic nitrogens is 2. The first-order valence-electron chi connectivity index (χ1n) is 9.67. The molecule has 0 aliphatic carbocycles. The van der Waals surface area contributed by atoms with Gasteiger partial charge in [0.25, 0.3) is 5.91 Å². The summed E-state index contributed by atoms with van der Waals surface area (Å²) in [5.41, 5.74) is 2.33. The van der Waals surface area contributed by atoms with Crippen molar-refractivity contribution in [2.45, 2.75) is 26.7 Å². The van der Waals surface area contributed by atoms with Crippen molar-refractivity contribution >= 4 is 35.4 Å². The summed E-state index contributed by atoms with van der Waals surface area (Å²) in [5.74, 6) is -0.966. The fourth-order valence-corrected chi connectivity index (χ4v) is 3.58. The number of amides is 2. The van der Waals surface area contributed by atoms with Crippen LogP contribution in [0.4, 0.5) is 15.9 Å². The lowest BCUT2D eigenvalue weighted by atomic mass is 10.0. The van der Waals surface area contributed by atoms with Crippen LogP contribution >= 0.6 is 11.6 Å². The summed E-state index contributed by atoms with van der Waals surface area (Å²) in [6.07, 6.45) is 2.24. The van der Waals surface area contributed by atoms with Gasteiger partial charge in [-0.25, -0.2) is 9.37 Å². The maximum atomic E-state index is 14.5. The Bertz CT molecular complexity index is 1150. The quantitative estimate of drug-likeness (QED) is 0.546. The fraction of sp³-hybridized carbons (Fsp3) is 0.217. The van der Waals surface area contributed by atoms with Gasteiger partial charge in [0, 0.05) is 18.8 Å². The third kappa shape index (κ3) is 4.27. The molecule has 6 nitrogen and oxygen atoms in total. The summed E-state index contributed by atoms with van der Waals surface area (Å²) in [6.45, 7) is 5.74. The van der Waals surface area contributed by atoms with E-state index < -0.39 is 11.7 Å². The van der Waals surface area contributed by atoms with Gasteiger partial charge in [0.15, 0.2) is 5.82 Å². The molecule has 0 aliphatic rings. The van der Waals surface area contributed by atoms with Crippen molar-refractivity contribution in [3.05, 3.63) is 70.3 Å². The molecule has 1 N–H and O–H groups in total. The highest BCUT2D eigenvalue weighted by Crippen LogP contribution is 2.38. The summed E-state index contributed by atoms with van der Waals surface area (Å²) in [7, 11) is 1.46. The van der Waals surface area contributed by atoms with E-state index in [1.807, 2.05) is 20.8 Å². The molecule has 0 saturated carbocycles. The van der Waals surface area contributed by atoms with E-state index >= 15 is 0 Å². The molecule has 1 aromatic carbocycles. The normalized spacial score (nSPS) is 10.8. The molecule has 160 valence electrons. The predicted octanol–water partition coefficient (Wildman–Crippen LogP) is 5.02. The number of hydrogen-bond acceptors (Lipinski definition) is 4. The molecular weight excluding hydrogens is 419 g/mol. The molecule has 0 atom stereocenters. The van der Waals surface area contributed by atoms with Crippen LogP contribution in [0.15, 0.2) is 42.6 Å². The van der Waals surface area contributed by atoms with Crippen LogP contribution in [-0.2, 0) is 4.79 Å². The third-order valence-electron chi connectivity index (χ3n) is 4.83. The minimum atomic E-state index is -0.520. The van der Waals surface area contributed by atoms with Crippen molar-refractivity contribution in [1.82, 2.24) is 15.3 Å². The summed E-state index contributed by atoms with van der Waals surface area (Å²) < 4.78 is 14.5. The Morgan fingerprint density at radius 3 is 2.58 bits per heavy atom. The van der Waals surface area contributed by atoms with Crippen LogP contribution < -0.4 is 10.2 Å². The predicted molar refractivity (Wildman–Crippen MR) is 119 cm³/mol. The Kier molecular flexibility index (Phi) is 6.65. The number of nitrogens with one attached hydrogen (secondary N) is 1. The number of pyridine rings is 2. The first-order valence-corrected chi connectivity index (χ1v) is 10.1. The van der Waals surface area contributed by atoms with Gasteiger partial charge in [0.05, 0.1) is 27.7 Å². The number of hydrogen-bond donors (Lipinski definition) is 1. The molecule has 3 rings (SSSR count). The number of carbonyl (C=O) groups is 2. The van der Waals surface area contributed by atoms with Gasteiger partial charge < -0.3 is 5.32 Å². The van der Waals surface area contributed by atoms with E-state index in [0.717, 1.165) is 5.56 Å². The van der Waals surface area contributed by atoms with Crippen LogP contribution in [0.25, 0.3) is 11.3 Å². The zero-order valence-corrected chi connectivity index (χ0v) is 18.4. The average molecular weight is 441 g/mol. The van der Waals surface area contributed by atoms with Gasteiger partial charge in [0.2, 0.25) is 6.41 Å². The highest BCUT2D eigenvalue weighted by molar-refractivity contribution is 6.33. The molecule has 0 unspecified atom stereocenters. The highest BCUT2D eigenvalue weighted by atomic mass is 35.5. The lowest BCUT2D eigenvalue weighted by Crippen LogP contribution is -2.26. The molecule has 0 fully saturated rings. The Morgan fingerprint density at radius 1 is 1.26 bits per heavy atom. The van der Waals surface area contributed by atoms with Crippen molar-refractivity contribution in [1.29, 1.82) is 0 Å². The number of halogens is 2. The largest absolute Gasteiger partial charge is 0.355 e. The Hall–Kier alpha value is -3.32. The van der Waals surface area contributed by atoms with Gasteiger partial charge in [-0.15, -0.1) is 0 Å². The van der Waals surface area contributed by atoms with Crippen molar-refractivity contribution in [3.63, 3.8) is 0 Å². The van der Waals surface area contributed by atoms with Crippen LogP contribution in [0.3, 0.4) is 0 Å². The second-order valence-corrected chi connectivity index (χ2v) is 7.65. The van der Waals surface area contributed by atoms with Gasteiger partial charge in [0.1, 0.15) is 5.82 Å². The molecule has 31 heavy (non-hydrogen) atoms. The zero-order valence-electron chi connectivity index (χ0n) is 17.6. The topological polar surface area (TPSA) is 75.2 Å². The SMILES string of the molecule is CNC(=O)c1cc(Cl)c(-c2ccccc2F)nc1N(C=O)c1c(C)ccnc1C(C)C. The number of benzene rings is 1. The van der Waals surface area contributed by atoms with E-state index in [2.05, 4.69) is 15.3 Å². The average Bonchev–Trinajstić information content (AvgIpc) is 2.75. The maximum Gasteiger partial charge on any atom is 0.254 e. The summed E-state index contributed by atoms with van der Waals surface area (Å²) in [5, 5.41) is 2.62. The number of carbonyl (C=O) groups excluding carboxylic acids is 2. The van der Waals surface area contributed by atoms with E-state index in [4.69, 9.17) is 11.6 Å². The molecule has 0 saturated heterocycles. The van der Waals surface area contributed by atoms with Crippen LogP contribution in [0.5, 0.6) is 0 Å². The summed E-state index contributed by atoms with van der Waals surface area (Å²) in [6, 6.07) is 9.19. The standard InChI is InChI=1S/C23H22ClFN4O2/c1-13(2)19-21(14(3)9-10-27-19)29(12-30)22-16(23(31)26-4)11-17(24)20(28-22)15-7-5-6-8-18(15)25/h5-13H,1-4H3,(H,26,31). The smallest absolute Gasteiger partial charge is 0.254 e. The molecule has 0 bridgehead atoms. The second kappa shape index (κ2) is 9.22. The number of aryl methyl sites for hydroxylation is 1. The molecule has 0 aliphatic heterocycles. The van der Waals surface area contributed by atoms with Gasteiger partial charge >= 0.3 is 0 Å². The molecule has 3 aromatic rings. The molecule has 0 spiro atoms. The van der Waals surface area contributed by atoms with Gasteiger partial charge in [-0.05, 0) is 42.7 Å². The molecule has 2 amide bonds.